The molecule has 0 saturated carbocycles. The van der Waals surface area contributed by atoms with E-state index in [4.69, 9.17) is 14.7 Å². The van der Waals surface area contributed by atoms with Crippen LogP contribution in [0, 0.1) is 17.9 Å². The predicted molar refractivity (Wildman–Crippen MR) is 41.6 cm³/mol. The lowest BCUT2D eigenvalue weighted by atomic mass is 10.2. The van der Waals surface area contributed by atoms with Gasteiger partial charge in [0.25, 0.3) is 0 Å². The number of hydrogen-bond acceptors (Lipinski definition) is 3. The van der Waals surface area contributed by atoms with Crippen LogP contribution in [0.15, 0.2) is 18.2 Å². The van der Waals surface area contributed by atoms with Crippen LogP contribution in [-0.4, -0.2) is 6.61 Å². The van der Waals surface area contributed by atoms with E-state index in [1.807, 2.05) is 6.07 Å². The molecule has 0 atom stereocenters. The molecule has 1 aliphatic rings. The van der Waals surface area contributed by atoms with Crippen LogP contribution in [0.4, 0.5) is 0 Å². The molecule has 0 spiro atoms. The van der Waals surface area contributed by atoms with Gasteiger partial charge in [-0.15, -0.1) is 0 Å². The Labute approximate surface area is 70.1 Å². The topological polar surface area (TPSA) is 42.2 Å². The Hall–Kier alpha value is -1.69. The van der Waals surface area contributed by atoms with Crippen molar-refractivity contribution in [2.75, 3.05) is 6.61 Å². The molecule has 0 N–H and O–H groups in total. The Morgan fingerprint density at radius 2 is 2.33 bits per heavy atom. The highest BCUT2D eigenvalue weighted by Crippen LogP contribution is 2.33. The summed E-state index contributed by atoms with van der Waals surface area (Å²) in [6.45, 7) is 1.95. The molecule has 3 nitrogen and oxygen atoms in total. The van der Waals surface area contributed by atoms with Crippen LogP contribution < -0.4 is 9.47 Å². The van der Waals surface area contributed by atoms with Gasteiger partial charge in [-0.2, -0.15) is 5.26 Å². The van der Waals surface area contributed by atoms with Crippen molar-refractivity contribution in [2.24, 2.45) is 0 Å². The van der Waals surface area contributed by atoms with Crippen LogP contribution in [0.3, 0.4) is 0 Å². The molecule has 0 fully saturated rings. The SMILES string of the molecule is N#Cc1cccc2c1OC[CH]O2. The molecule has 1 aromatic rings. The summed E-state index contributed by atoms with van der Waals surface area (Å²) in [7, 11) is 0. The van der Waals surface area contributed by atoms with Gasteiger partial charge in [0.05, 0.1) is 5.56 Å². The number of hydrogen-bond donors (Lipinski definition) is 0. The number of para-hydroxylation sites is 1. The molecule has 0 unspecified atom stereocenters. The summed E-state index contributed by atoms with van der Waals surface area (Å²) in [5, 5.41) is 8.70. The molecule has 59 valence electrons. The molecular weight excluding hydrogens is 154 g/mol. The van der Waals surface area contributed by atoms with Gasteiger partial charge in [-0.1, -0.05) is 6.07 Å². The van der Waals surface area contributed by atoms with Crippen molar-refractivity contribution in [1.82, 2.24) is 0 Å². The van der Waals surface area contributed by atoms with Crippen LogP contribution in [0.25, 0.3) is 0 Å². The second-order valence-corrected chi connectivity index (χ2v) is 2.34. The highest BCUT2D eigenvalue weighted by atomic mass is 16.6. The van der Waals surface area contributed by atoms with E-state index in [-0.39, 0.29) is 0 Å². The van der Waals surface area contributed by atoms with Crippen LogP contribution in [0.1, 0.15) is 5.56 Å². The van der Waals surface area contributed by atoms with E-state index >= 15 is 0 Å². The highest BCUT2D eigenvalue weighted by Gasteiger charge is 2.14. The van der Waals surface area contributed by atoms with Crippen molar-refractivity contribution in [1.29, 1.82) is 5.26 Å². The number of fused-ring (bicyclic) bond motifs is 1. The minimum Gasteiger partial charge on any atom is -0.484 e. The number of nitrogens with zero attached hydrogens (tertiary/aromatic N) is 1. The first-order valence-corrected chi connectivity index (χ1v) is 3.56. The van der Waals surface area contributed by atoms with Gasteiger partial charge in [0.2, 0.25) is 0 Å². The van der Waals surface area contributed by atoms with Gasteiger partial charge in [0.1, 0.15) is 12.7 Å². The van der Waals surface area contributed by atoms with Gasteiger partial charge in [0.15, 0.2) is 18.1 Å². The third-order valence-electron chi connectivity index (χ3n) is 1.61. The first-order chi connectivity index (χ1) is 5.92. The van der Waals surface area contributed by atoms with E-state index in [0.29, 0.717) is 23.7 Å². The van der Waals surface area contributed by atoms with E-state index in [1.54, 1.807) is 24.8 Å². The van der Waals surface area contributed by atoms with E-state index in [0.717, 1.165) is 0 Å². The fourth-order valence-electron chi connectivity index (χ4n) is 1.09. The Bertz CT molecular complexity index is 341. The van der Waals surface area contributed by atoms with Crippen molar-refractivity contribution in [2.45, 2.75) is 0 Å². The monoisotopic (exact) mass is 160 g/mol. The van der Waals surface area contributed by atoms with Gasteiger partial charge < -0.3 is 9.47 Å². The van der Waals surface area contributed by atoms with E-state index in [1.165, 1.54) is 0 Å². The van der Waals surface area contributed by atoms with Crippen molar-refractivity contribution in [3.8, 4) is 17.6 Å². The van der Waals surface area contributed by atoms with E-state index in [2.05, 4.69) is 0 Å². The molecule has 0 aromatic heterocycles. The molecule has 1 heterocycles. The summed E-state index contributed by atoms with van der Waals surface area (Å²) in [4.78, 5) is 0. The van der Waals surface area contributed by atoms with Gasteiger partial charge in [-0.05, 0) is 12.1 Å². The first-order valence-electron chi connectivity index (χ1n) is 3.56. The van der Waals surface area contributed by atoms with Crippen LogP contribution in [0.2, 0.25) is 0 Å². The normalized spacial score (nSPS) is 13.6. The van der Waals surface area contributed by atoms with Crippen molar-refractivity contribution in [3.63, 3.8) is 0 Å². The molecule has 3 heteroatoms. The van der Waals surface area contributed by atoms with Gasteiger partial charge in [-0.25, -0.2) is 0 Å². The van der Waals surface area contributed by atoms with E-state index in [9.17, 15) is 0 Å². The van der Waals surface area contributed by atoms with E-state index < -0.39 is 0 Å². The molecule has 0 bridgehead atoms. The molecule has 0 aliphatic carbocycles. The lowest BCUT2D eigenvalue weighted by Gasteiger charge is -2.17. The van der Waals surface area contributed by atoms with Crippen LogP contribution in [0.5, 0.6) is 11.5 Å². The second-order valence-electron chi connectivity index (χ2n) is 2.34. The minimum atomic E-state index is 0.395. The van der Waals surface area contributed by atoms with Gasteiger partial charge in [0, 0.05) is 0 Å². The average molecular weight is 160 g/mol. The summed E-state index contributed by atoms with van der Waals surface area (Å²) in [6.07, 6.45) is 0. The summed E-state index contributed by atoms with van der Waals surface area (Å²) < 4.78 is 10.4. The van der Waals surface area contributed by atoms with Crippen LogP contribution >= 0.6 is 0 Å². The molecule has 0 saturated heterocycles. The van der Waals surface area contributed by atoms with Crippen molar-refractivity contribution >= 4 is 0 Å². The third kappa shape index (κ3) is 0.978. The first kappa shape index (κ1) is 6.99. The molecule has 12 heavy (non-hydrogen) atoms. The average Bonchev–Trinajstić information content (AvgIpc) is 2.17. The quantitative estimate of drug-likeness (QED) is 0.577. The fourth-order valence-corrected chi connectivity index (χ4v) is 1.09. The van der Waals surface area contributed by atoms with Gasteiger partial charge >= 0.3 is 0 Å². The zero-order valence-electron chi connectivity index (χ0n) is 6.28. The molecular formula is C9H6NO2. The fraction of sp³-hybridized carbons (Fsp3) is 0.111. The third-order valence-corrected chi connectivity index (χ3v) is 1.61. The standard InChI is InChI=1S/C9H6NO2/c10-6-7-2-1-3-8-9(7)12-5-4-11-8/h1-4H,5H2. The predicted octanol–water partition coefficient (Wildman–Crippen LogP) is 1.49. The van der Waals surface area contributed by atoms with Crippen molar-refractivity contribution < 1.29 is 9.47 Å². The largest absolute Gasteiger partial charge is 0.484 e. The Morgan fingerprint density at radius 1 is 1.42 bits per heavy atom. The summed E-state index contributed by atoms with van der Waals surface area (Å²) >= 11 is 0. The number of ether oxygens (including phenoxy) is 2. The summed E-state index contributed by atoms with van der Waals surface area (Å²) in [5.74, 6) is 1.16. The Kier molecular flexibility index (Phi) is 1.60. The zero-order valence-corrected chi connectivity index (χ0v) is 6.28. The summed E-state index contributed by atoms with van der Waals surface area (Å²) in [6, 6.07) is 7.27. The minimum absolute atomic E-state index is 0.395. The highest BCUT2D eigenvalue weighted by molar-refractivity contribution is 5.53. The second kappa shape index (κ2) is 2.74. The Balaban J connectivity index is 2.53. The molecule has 1 aliphatic heterocycles. The summed E-state index contributed by atoms with van der Waals surface area (Å²) in [5.41, 5.74) is 0.514. The molecule has 1 aromatic carbocycles. The number of nitriles is 1. The van der Waals surface area contributed by atoms with Crippen molar-refractivity contribution in [3.05, 3.63) is 30.4 Å². The lowest BCUT2D eigenvalue weighted by molar-refractivity contribution is 0.223. The van der Waals surface area contributed by atoms with Gasteiger partial charge in [-0.3, -0.25) is 0 Å². The smallest absolute Gasteiger partial charge is 0.179 e. The number of benzene rings is 1. The molecule has 2 rings (SSSR count). The maximum Gasteiger partial charge on any atom is 0.179 e. The number of rotatable bonds is 0. The van der Waals surface area contributed by atoms with Crippen LogP contribution in [-0.2, 0) is 0 Å². The molecule has 1 radical (unpaired) electrons. The maximum absolute atomic E-state index is 8.70. The maximum atomic E-state index is 8.70. The lowest BCUT2D eigenvalue weighted by Crippen LogP contribution is -2.11. The zero-order chi connectivity index (χ0) is 8.39. The molecule has 0 amide bonds. The Morgan fingerprint density at radius 3 is 3.17 bits per heavy atom.